The van der Waals surface area contributed by atoms with Crippen molar-refractivity contribution in [1.29, 1.82) is 0 Å². The van der Waals surface area contributed by atoms with Gasteiger partial charge in [0.05, 0.1) is 6.04 Å². The van der Waals surface area contributed by atoms with Gasteiger partial charge in [0.25, 0.3) is 5.91 Å². The van der Waals surface area contributed by atoms with E-state index in [9.17, 15) is 4.79 Å². The van der Waals surface area contributed by atoms with Crippen LogP contribution in [0.3, 0.4) is 0 Å². The Morgan fingerprint density at radius 2 is 1.82 bits per heavy atom. The Morgan fingerprint density at radius 1 is 1.11 bits per heavy atom. The molecule has 0 bridgehead atoms. The summed E-state index contributed by atoms with van der Waals surface area (Å²) in [6.07, 6.45) is 1.42. The minimum Gasteiger partial charge on any atom is -0.484 e. The molecular formula is C22H23N3O3. The number of nitrogens with zero attached hydrogens (tertiary/aromatic N) is 3. The molecule has 28 heavy (non-hydrogen) atoms. The fourth-order valence-corrected chi connectivity index (χ4v) is 3.41. The number of likely N-dealkylation sites (N-methyl/N-ethyl adjacent to an activating group) is 1. The number of ether oxygens (including phenoxy) is 1. The monoisotopic (exact) mass is 377 g/mol. The number of piperazine rings is 1. The maximum absolute atomic E-state index is 13.1. The molecular weight excluding hydrogens is 354 g/mol. The zero-order valence-corrected chi connectivity index (χ0v) is 15.8. The van der Waals surface area contributed by atoms with Crippen molar-refractivity contribution in [2.75, 3.05) is 26.7 Å². The number of benzene rings is 2. The lowest BCUT2D eigenvalue weighted by atomic mass is 10.0. The lowest BCUT2D eigenvalue weighted by Crippen LogP contribution is -2.49. The Labute approximate surface area is 164 Å². The summed E-state index contributed by atoms with van der Waals surface area (Å²) in [5.41, 5.74) is 1.44. The number of carbonyl (C=O) groups excluding carboxylic acids is 1. The highest BCUT2D eigenvalue weighted by Crippen LogP contribution is 2.26. The summed E-state index contributed by atoms with van der Waals surface area (Å²) in [5, 5.41) is 0. The summed E-state index contributed by atoms with van der Waals surface area (Å²) in [5.74, 6) is 1.01. The molecule has 1 saturated heterocycles. The van der Waals surface area contributed by atoms with Crippen LogP contribution in [-0.2, 0) is 6.61 Å². The Bertz CT molecular complexity index is 911. The number of aromatic nitrogens is 1. The van der Waals surface area contributed by atoms with Gasteiger partial charge in [-0.1, -0.05) is 48.5 Å². The van der Waals surface area contributed by atoms with Gasteiger partial charge in [-0.25, -0.2) is 4.98 Å². The maximum atomic E-state index is 13.1. The van der Waals surface area contributed by atoms with E-state index in [1.807, 2.05) is 53.4 Å². The quantitative estimate of drug-likeness (QED) is 0.682. The third-order valence-electron chi connectivity index (χ3n) is 4.91. The predicted molar refractivity (Wildman–Crippen MR) is 105 cm³/mol. The van der Waals surface area contributed by atoms with Crippen LogP contribution < -0.4 is 4.74 Å². The summed E-state index contributed by atoms with van der Waals surface area (Å²) in [4.78, 5) is 21.6. The van der Waals surface area contributed by atoms with E-state index < -0.39 is 0 Å². The van der Waals surface area contributed by atoms with E-state index >= 15 is 0 Å². The average molecular weight is 377 g/mol. The van der Waals surface area contributed by atoms with E-state index in [-0.39, 0.29) is 18.6 Å². The maximum Gasteiger partial charge on any atom is 0.276 e. The van der Waals surface area contributed by atoms with Gasteiger partial charge >= 0.3 is 0 Å². The van der Waals surface area contributed by atoms with Gasteiger partial charge in [0, 0.05) is 19.6 Å². The Hall–Kier alpha value is -3.12. The molecule has 3 aromatic rings. The highest BCUT2D eigenvalue weighted by atomic mass is 16.5. The van der Waals surface area contributed by atoms with Gasteiger partial charge in [0.2, 0.25) is 5.89 Å². The third-order valence-corrected chi connectivity index (χ3v) is 4.91. The summed E-state index contributed by atoms with van der Waals surface area (Å²) < 4.78 is 11.1. The molecule has 0 spiro atoms. The molecule has 0 aliphatic carbocycles. The number of carbonyl (C=O) groups is 1. The first kappa shape index (κ1) is 18.3. The van der Waals surface area contributed by atoms with Gasteiger partial charge < -0.3 is 19.0 Å². The zero-order chi connectivity index (χ0) is 19.3. The lowest BCUT2D eigenvalue weighted by molar-refractivity contribution is 0.0492. The van der Waals surface area contributed by atoms with Crippen molar-refractivity contribution in [2.24, 2.45) is 0 Å². The average Bonchev–Trinajstić information content (AvgIpc) is 3.22. The summed E-state index contributed by atoms with van der Waals surface area (Å²) in [7, 11) is 2.08. The Balaban J connectivity index is 1.47. The highest BCUT2D eigenvalue weighted by Gasteiger charge is 2.32. The molecule has 1 aromatic heterocycles. The number of hydrogen-bond donors (Lipinski definition) is 0. The van der Waals surface area contributed by atoms with Crippen molar-refractivity contribution in [1.82, 2.24) is 14.8 Å². The van der Waals surface area contributed by atoms with E-state index in [0.29, 0.717) is 18.1 Å². The second-order valence-corrected chi connectivity index (χ2v) is 6.92. The molecule has 0 N–H and O–H groups in total. The van der Waals surface area contributed by atoms with Crippen LogP contribution in [0.5, 0.6) is 5.75 Å². The second kappa shape index (κ2) is 8.27. The van der Waals surface area contributed by atoms with E-state index in [1.54, 1.807) is 0 Å². The molecule has 6 heteroatoms. The standard InChI is InChI=1S/C22H23N3O3/c1-24-12-13-25(20(14-24)17-8-4-2-5-9-17)22(26)19-15-28-21(23-19)16-27-18-10-6-3-7-11-18/h2-11,15,20H,12-14,16H2,1H3/t20-/m1/s1. The minimum absolute atomic E-state index is 0.00633. The zero-order valence-electron chi connectivity index (χ0n) is 15.8. The van der Waals surface area contributed by atoms with Crippen molar-refractivity contribution in [3.63, 3.8) is 0 Å². The SMILES string of the molecule is CN1CCN(C(=O)c2coc(COc3ccccc3)n2)[C@@H](c2ccccc2)C1. The van der Waals surface area contributed by atoms with Crippen LogP contribution in [0.15, 0.2) is 71.3 Å². The molecule has 1 aliphatic rings. The first-order valence-electron chi connectivity index (χ1n) is 9.37. The molecule has 0 radical (unpaired) electrons. The van der Waals surface area contributed by atoms with Crippen molar-refractivity contribution in [3.05, 3.63) is 84.1 Å². The second-order valence-electron chi connectivity index (χ2n) is 6.92. The molecule has 6 nitrogen and oxygen atoms in total. The molecule has 0 saturated carbocycles. The molecule has 0 unspecified atom stereocenters. The first-order chi connectivity index (χ1) is 13.7. The van der Waals surface area contributed by atoms with Gasteiger partial charge in [-0.15, -0.1) is 0 Å². The molecule has 144 valence electrons. The largest absolute Gasteiger partial charge is 0.484 e. The summed E-state index contributed by atoms with van der Waals surface area (Å²) in [6.45, 7) is 2.45. The molecule has 1 atom stereocenters. The topological polar surface area (TPSA) is 58.8 Å². The molecule has 4 rings (SSSR count). The minimum atomic E-state index is -0.114. The van der Waals surface area contributed by atoms with E-state index in [1.165, 1.54) is 6.26 Å². The Morgan fingerprint density at radius 3 is 2.57 bits per heavy atom. The highest BCUT2D eigenvalue weighted by molar-refractivity contribution is 5.92. The molecule has 2 aromatic carbocycles. The molecule has 1 aliphatic heterocycles. The summed E-state index contributed by atoms with van der Waals surface area (Å²) in [6, 6.07) is 19.6. The van der Waals surface area contributed by atoms with Gasteiger partial charge in [-0.3, -0.25) is 4.79 Å². The fourth-order valence-electron chi connectivity index (χ4n) is 3.41. The van der Waals surface area contributed by atoms with Crippen LogP contribution in [0.4, 0.5) is 0 Å². The van der Waals surface area contributed by atoms with Gasteiger partial charge in [0.1, 0.15) is 12.0 Å². The molecule has 1 amide bonds. The van der Waals surface area contributed by atoms with E-state index in [2.05, 4.69) is 29.1 Å². The van der Waals surface area contributed by atoms with Gasteiger partial charge in [0.15, 0.2) is 12.3 Å². The van der Waals surface area contributed by atoms with Crippen molar-refractivity contribution < 1.29 is 13.9 Å². The van der Waals surface area contributed by atoms with Crippen molar-refractivity contribution >= 4 is 5.91 Å². The number of rotatable bonds is 5. The molecule has 2 heterocycles. The van der Waals surface area contributed by atoms with Crippen LogP contribution in [0.1, 0.15) is 28.0 Å². The van der Waals surface area contributed by atoms with Gasteiger partial charge in [-0.2, -0.15) is 0 Å². The third kappa shape index (κ3) is 4.07. The molecule has 1 fully saturated rings. The fraction of sp³-hybridized carbons (Fsp3) is 0.273. The number of amides is 1. The van der Waals surface area contributed by atoms with Crippen LogP contribution >= 0.6 is 0 Å². The van der Waals surface area contributed by atoms with Crippen LogP contribution in [-0.4, -0.2) is 47.4 Å². The van der Waals surface area contributed by atoms with Crippen LogP contribution in [0.25, 0.3) is 0 Å². The normalized spacial score (nSPS) is 17.5. The van der Waals surface area contributed by atoms with Crippen LogP contribution in [0.2, 0.25) is 0 Å². The number of hydrogen-bond acceptors (Lipinski definition) is 5. The van der Waals surface area contributed by atoms with Crippen molar-refractivity contribution in [3.8, 4) is 5.75 Å². The number of oxazole rings is 1. The van der Waals surface area contributed by atoms with Crippen molar-refractivity contribution in [2.45, 2.75) is 12.6 Å². The van der Waals surface area contributed by atoms with Gasteiger partial charge in [-0.05, 0) is 24.7 Å². The summed E-state index contributed by atoms with van der Waals surface area (Å²) >= 11 is 0. The van der Waals surface area contributed by atoms with E-state index in [4.69, 9.17) is 9.15 Å². The Kier molecular flexibility index (Phi) is 5.39. The first-order valence-corrected chi connectivity index (χ1v) is 9.37. The predicted octanol–water partition coefficient (Wildman–Crippen LogP) is 3.38. The lowest BCUT2D eigenvalue weighted by Gasteiger charge is -2.40. The van der Waals surface area contributed by atoms with E-state index in [0.717, 1.165) is 24.4 Å². The van der Waals surface area contributed by atoms with Crippen LogP contribution in [0, 0.1) is 0 Å². The number of para-hydroxylation sites is 1. The smallest absolute Gasteiger partial charge is 0.276 e.